The topological polar surface area (TPSA) is 70.7 Å². The van der Waals surface area contributed by atoms with Crippen molar-refractivity contribution in [1.29, 1.82) is 0 Å². The number of anilines is 1. The molecule has 6 nitrogen and oxygen atoms in total. The molecule has 1 unspecified atom stereocenters. The molecule has 1 atom stereocenters. The predicted octanol–water partition coefficient (Wildman–Crippen LogP) is 4.47. The van der Waals surface area contributed by atoms with E-state index in [1.807, 2.05) is 17.0 Å². The molecule has 0 radical (unpaired) electrons. The molecule has 1 aliphatic heterocycles. The van der Waals surface area contributed by atoms with Gasteiger partial charge in [-0.05, 0) is 59.6 Å². The smallest absolute Gasteiger partial charge is 0.319 e. The second kappa shape index (κ2) is 9.47. The Morgan fingerprint density at radius 1 is 1.12 bits per heavy atom. The first-order chi connectivity index (χ1) is 15.5. The van der Waals surface area contributed by atoms with E-state index in [0.29, 0.717) is 23.9 Å². The number of methoxy groups -OCH3 is 1. The number of nitrogens with one attached hydrogen (secondary N) is 2. The van der Waals surface area contributed by atoms with Gasteiger partial charge in [-0.3, -0.25) is 4.79 Å². The second-order valence-electron chi connectivity index (χ2n) is 8.83. The molecule has 4 rings (SSSR count). The van der Waals surface area contributed by atoms with E-state index in [0.717, 1.165) is 19.3 Å². The fourth-order valence-electron chi connectivity index (χ4n) is 4.83. The van der Waals surface area contributed by atoms with Crippen LogP contribution in [0.4, 0.5) is 10.5 Å². The van der Waals surface area contributed by atoms with Crippen molar-refractivity contribution in [3.05, 3.63) is 65.2 Å². The number of fused-ring (bicyclic) bond motifs is 2. The summed E-state index contributed by atoms with van der Waals surface area (Å²) >= 11 is 0. The van der Waals surface area contributed by atoms with Gasteiger partial charge < -0.3 is 20.3 Å². The Morgan fingerprint density at radius 2 is 1.88 bits per heavy atom. The first-order valence-corrected chi connectivity index (χ1v) is 11.3. The first kappa shape index (κ1) is 21.9. The minimum absolute atomic E-state index is 0.0366. The highest BCUT2D eigenvalue weighted by Crippen LogP contribution is 2.42. The van der Waals surface area contributed by atoms with E-state index in [1.54, 1.807) is 19.2 Å². The van der Waals surface area contributed by atoms with Crippen LogP contribution >= 0.6 is 0 Å². The molecule has 0 fully saturated rings. The number of ether oxygens (including phenoxy) is 1. The average Bonchev–Trinajstić information content (AvgIpc) is 3.17. The van der Waals surface area contributed by atoms with E-state index in [9.17, 15) is 9.59 Å². The molecule has 0 spiro atoms. The molecule has 2 aromatic carbocycles. The number of amides is 3. The minimum Gasteiger partial charge on any atom is -0.495 e. The standard InChI is InChI=1S/C26H31N3O3/c1-17(2)14-23-21-15-18-8-4-5-9-19(18)20(21)12-13-29(23)25(30)16-27-26(31)28-22-10-6-7-11-24(22)32-3/h4-11,17,23H,12-16H2,1-3H3,(H2,27,28,31). The molecule has 6 heteroatoms. The SMILES string of the molecule is COc1ccccc1NC(=O)NCC(=O)N1CCC2=C(Cc3ccccc32)C1CC(C)C. The van der Waals surface area contributed by atoms with Crippen LogP contribution in [-0.4, -0.2) is 43.1 Å². The van der Waals surface area contributed by atoms with E-state index in [2.05, 4.69) is 48.7 Å². The summed E-state index contributed by atoms with van der Waals surface area (Å²) in [4.78, 5) is 27.5. The number of para-hydroxylation sites is 2. The molecule has 168 valence electrons. The van der Waals surface area contributed by atoms with Crippen molar-refractivity contribution in [1.82, 2.24) is 10.2 Å². The zero-order valence-corrected chi connectivity index (χ0v) is 19.0. The molecule has 1 aliphatic carbocycles. The van der Waals surface area contributed by atoms with Crippen LogP contribution in [0.5, 0.6) is 5.75 Å². The Kier molecular flexibility index (Phi) is 6.49. The normalized spacial score (nSPS) is 17.1. The van der Waals surface area contributed by atoms with Crippen molar-refractivity contribution in [2.24, 2.45) is 5.92 Å². The lowest BCUT2D eigenvalue weighted by atomic mass is 9.87. The average molecular weight is 434 g/mol. The Bertz CT molecular complexity index is 1040. The maximum atomic E-state index is 13.2. The van der Waals surface area contributed by atoms with Gasteiger partial charge in [0.15, 0.2) is 0 Å². The molecule has 2 N–H and O–H groups in total. The lowest BCUT2D eigenvalue weighted by Gasteiger charge is -2.38. The van der Waals surface area contributed by atoms with Gasteiger partial charge in [0.25, 0.3) is 0 Å². The molecule has 2 aliphatic rings. The number of rotatable bonds is 6. The monoisotopic (exact) mass is 433 g/mol. The molecule has 1 heterocycles. The van der Waals surface area contributed by atoms with Crippen LogP contribution in [0.1, 0.15) is 37.8 Å². The predicted molar refractivity (Wildman–Crippen MR) is 127 cm³/mol. The van der Waals surface area contributed by atoms with Crippen molar-refractivity contribution in [2.45, 2.75) is 39.2 Å². The maximum Gasteiger partial charge on any atom is 0.319 e. The third-order valence-corrected chi connectivity index (χ3v) is 6.26. The van der Waals surface area contributed by atoms with Gasteiger partial charge in [-0.2, -0.15) is 0 Å². The Balaban J connectivity index is 1.43. The van der Waals surface area contributed by atoms with Crippen LogP contribution in [0.3, 0.4) is 0 Å². The summed E-state index contributed by atoms with van der Waals surface area (Å²) in [6.45, 7) is 5.03. The zero-order chi connectivity index (χ0) is 22.7. The maximum absolute atomic E-state index is 13.2. The molecule has 0 saturated carbocycles. The number of nitrogens with zero attached hydrogens (tertiary/aromatic N) is 1. The highest BCUT2D eigenvalue weighted by atomic mass is 16.5. The van der Waals surface area contributed by atoms with Gasteiger partial charge in [-0.1, -0.05) is 50.2 Å². The van der Waals surface area contributed by atoms with E-state index in [4.69, 9.17) is 4.74 Å². The highest BCUT2D eigenvalue weighted by Gasteiger charge is 2.36. The van der Waals surface area contributed by atoms with Crippen molar-refractivity contribution < 1.29 is 14.3 Å². The van der Waals surface area contributed by atoms with Crippen LogP contribution in [0.2, 0.25) is 0 Å². The van der Waals surface area contributed by atoms with Gasteiger partial charge in [0.2, 0.25) is 5.91 Å². The second-order valence-corrected chi connectivity index (χ2v) is 8.83. The van der Waals surface area contributed by atoms with Crippen molar-refractivity contribution in [2.75, 3.05) is 25.5 Å². The van der Waals surface area contributed by atoms with E-state index < -0.39 is 6.03 Å². The van der Waals surface area contributed by atoms with Gasteiger partial charge in [0.1, 0.15) is 5.75 Å². The third kappa shape index (κ3) is 4.49. The largest absolute Gasteiger partial charge is 0.495 e. The Morgan fingerprint density at radius 3 is 2.66 bits per heavy atom. The molecule has 0 aromatic heterocycles. The van der Waals surface area contributed by atoms with E-state index in [-0.39, 0.29) is 18.5 Å². The summed E-state index contributed by atoms with van der Waals surface area (Å²) in [6.07, 6.45) is 2.69. The quantitative estimate of drug-likeness (QED) is 0.706. The summed E-state index contributed by atoms with van der Waals surface area (Å²) in [7, 11) is 1.55. The number of carbonyl (C=O) groups is 2. The number of benzene rings is 2. The minimum atomic E-state index is -0.423. The summed E-state index contributed by atoms with van der Waals surface area (Å²) in [5.41, 5.74) is 6.05. The van der Waals surface area contributed by atoms with Gasteiger partial charge in [-0.15, -0.1) is 0 Å². The summed E-state index contributed by atoms with van der Waals surface area (Å²) in [5, 5.41) is 5.47. The Labute approximate surface area is 189 Å². The van der Waals surface area contributed by atoms with Gasteiger partial charge in [-0.25, -0.2) is 4.79 Å². The lowest BCUT2D eigenvalue weighted by Crippen LogP contribution is -2.49. The molecule has 2 aromatic rings. The van der Waals surface area contributed by atoms with Crippen LogP contribution in [0, 0.1) is 5.92 Å². The molecular weight excluding hydrogens is 402 g/mol. The van der Waals surface area contributed by atoms with Gasteiger partial charge in [0, 0.05) is 6.54 Å². The molecule has 0 bridgehead atoms. The van der Waals surface area contributed by atoms with Crippen LogP contribution in [-0.2, 0) is 11.2 Å². The molecule has 32 heavy (non-hydrogen) atoms. The molecular formula is C26H31N3O3. The van der Waals surface area contributed by atoms with Crippen molar-refractivity contribution >= 4 is 23.2 Å². The van der Waals surface area contributed by atoms with E-state index >= 15 is 0 Å². The number of hydrogen-bond acceptors (Lipinski definition) is 3. The number of carbonyl (C=O) groups excluding carboxylic acids is 2. The van der Waals surface area contributed by atoms with Crippen LogP contribution in [0.25, 0.3) is 5.57 Å². The highest BCUT2D eigenvalue weighted by molar-refractivity contribution is 5.94. The van der Waals surface area contributed by atoms with E-state index in [1.165, 1.54) is 22.3 Å². The fraction of sp³-hybridized carbons (Fsp3) is 0.385. The third-order valence-electron chi connectivity index (χ3n) is 6.26. The van der Waals surface area contributed by atoms with Crippen molar-refractivity contribution in [3.63, 3.8) is 0 Å². The van der Waals surface area contributed by atoms with Crippen LogP contribution < -0.4 is 15.4 Å². The molecule has 0 saturated heterocycles. The lowest BCUT2D eigenvalue weighted by molar-refractivity contribution is -0.132. The van der Waals surface area contributed by atoms with Gasteiger partial charge in [0.05, 0.1) is 25.4 Å². The van der Waals surface area contributed by atoms with Crippen molar-refractivity contribution in [3.8, 4) is 5.75 Å². The summed E-state index contributed by atoms with van der Waals surface area (Å²) in [5.74, 6) is 0.989. The first-order valence-electron chi connectivity index (χ1n) is 11.3. The Hall–Kier alpha value is -3.28. The summed E-state index contributed by atoms with van der Waals surface area (Å²) < 4.78 is 5.26. The van der Waals surface area contributed by atoms with Crippen LogP contribution in [0.15, 0.2) is 54.1 Å². The fourth-order valence-corrected chi connectivity index (χ4v) is 4.83. The summed E-state index contributed by atoms with van der Waals surface area (Å²) in [6, 6.07) is 15.4. The molecule has 3 amide bonds. The zero-order valence-electron chi connectivity index (χ0n) is 19.0. The number of urea groups is 1. The number of hydrogen-bond donors (Lipinski definition) is 2. The van der Waals surface area contributed by atoms with Gasteiger partial charge >= 0.3 is 6.03 Å².